The second-order valence-electron chi connectivity index (χ2n) is 8.17. The third-order valence-corrected chi connectivity index (χ3v) is 7.42. The summed E-state index contributed by atoms with van der Waals surface area (Å²) in [7, 11) is 0. The molecule has 0 radical (unpaired) electrons. The van der Waals surface area contributed by atoms with Crippen LogP contribution in [0.15, 0.2) is 36.7 Å². The van der Waals surface area contributed by atoms with Crippen LogP contribution in [0.3, 0.4) is 0 Å². The van der Waals surface area contributed by atoms with Crippen LogP contribution in [0.25, 0.3) is 5.69 Å². The van der Waals surface area contributed by atoms with Crippen molar-refractivity contribution in [3.05, 3.63) is 42.5 Å². The number of rotatable bonds is 4. The predicted molar refractivity (Wildman–Crippen MR) is 114 cm³/mol. The molecule has 0 bridgehead atoms. The highest BCUT2D eigenvalue weighted by atomic mass is 32.2. The van der Waals surface area contributed by atoms with Gasteiger partial charge in [-0.3, -0.25) is 9.69 Å². The maximum atomic E-state index is 12.7. The minimum Gasteiger partial charge on any atom is -0.331 e. The highest BCUT2D eigenvalue weighted by Gasteiger charge is 2.37. The normalized spacial score (nSPS) is 26.3. The van der Waals surface area contributed by atoms with Gasteiger partial charge in [-0.25, -0.2) is 9.67 Å². The van der Waals surface area contributed by atoms with Crippen LogP contribution in [0.5, 0.6) is 0 Å². The fourth-order valence-corrected chi connectivity index (χ4v) is 5.77. The first-order valence-electron chi connectivity index (χ1n) is 10.6. The van der Waals surface area contributed by atoms with Gasteiger partial charge in [0.1, 0.15) is 12.2 Å². The lowest BCUT2D eigenvalue weighted by atomic mass is 9.94. The van der Waals surface area contributed by atoms with Gasteiger partial charge in [-0.2, -0.15) is 5.10 Å². The van der Waals surface area contributed by atoms with E-state index in [1.807, 2.05) is 39.5 Å². The topological polar surface area (TPSA) is 66.3 Å². The van der Waals surface area contributed by atoms with Gasteiger partial charge in [0.05, 0.1) is 17.6 Å². The lowest BCUT2D eigenvalue weighted by molar-refractivity contribution is -0.131. The van der Waals surface area contributed by atoms with E-state index in [4.69, 9.17) is 0 Å². The summed E-state index contributed by atoms with van der Waals surface area (Å²) in [4.78, 5) is 21.8. The van der Waals surface area contributed by atoms with E-state index < -0.39 is 0 Å². The monoisotopic (exact) mass is 412 g/mol. The minimum atomic E-state index is -0.00222. The van der Waals surface area contributed by atoms with Crippen LogP contribution >= 0.6 is 11.8 Å². The Kier molecular flexibility index (Phi) is 5.56. The zero-order valence-electron chi connectivity index (χ0n) is 16.6. The van der Waals surface area contributed by atoms with Crippen LogP contribution in [0.4, 0.5) is 0 Å². The van der Waals surface area contributed by atoms with E-state index in [2.05, 4.69) is 32.4 Å². The predicted octanol–water partition coefficient (Wildman–Crippen LogP) is 1.71. The number of carbonyl (C=O) groups excluding carboxylic acids is 1. The molecule has 1 N–H and O–H groups in total. The van der Waals surface area contributed by atoms with Crippen LogP contribution in [-0.2, 0) is 4.79 Å². The first-order chi connectivity index (χ1) is 14.3. The van der Waals surface area contributed by atoms with Gasteiger partial charge in [0.2, 0.25) is 5.91 Å². The summed E-state index contributed by atoms with van der Waals surface area (Å²) in [5, 5.41) is 7.94. The number of nitrogens with one attached hydrogen (secondary N) is 1. The van der Waals surface area contributed by atoms with Gasteiger partial charge in [-0.1, -0.05) is 18.2 Å². The molecule has 2 atom stereocenters. The van der Waals surface area contributed by atoms with Crippen molar-refractivity contribution in [1.29, 1.82) is 0 Å². The molecule has 29 heavy (non-hydrogen) atoms. The molecule has 8 heteroatoms. The zero-order valence-corrected chi connectivity index (χ0v) is 17.4. The van der Waals surface area contributed by atoms with Gasteiger partial charge >= 0.3 is 0 Å². The number of aromatic nitrogens is 3. The van der Waals surface area contributed by atoms with Gasteiger partial charge in [-0.05, 0) is 44.5 Å². The number of benzene rings is 1. The van der Waals surface area contributed by atoms with E-state index in [1.54, 1.807) is 6.33 Å². The molecule has 0 saturated carbocycles. The zero-order chi connectivity index (χ0) is 19.6. The molecule has 0 aliphatic carbocycles. The number of amides is 1. The van der Waals surface area contributed by atoms with Crippen molar-refractivity contribution in [3.8, 4) is 5.69 Å². The van der Waals surface area contributed by atoms with Crippen molar-refractivity contribution in [2.24, 2.45) is 0 Å². The summed E-state index contributed by atoms with van der Waals surface area (Å²) in [6.45, 7) is 3.93. The van der Waals surface area contributed by atoms with Crippen molar-refractivity contribution >= 4 is 17.7 Å². The van der Waals surface area contributed by atoms with Crippen LogP contribution in [0.1, 0.15) is 31.0 Å². The Balaban J connectivity index is 1.18. The molecule has 0 spiro atoms. The molecular weight excluding hydrogens is 384 g/mol. The second kappa shape index (κ2) is 8.45. The van der Waals surface area contributed by atoms with Crippen LogP contribution in [0, 0.1) is 0 Å². The van der Waals surface area contributed by atoms with Crippen LogP contribution in [-0.4, -0.2) is 80.4 Å². The van der Waals surface area contributed by atoms with Gasteiger partial charge in [0.15, 0.2) is 0 Å². The third kappa shape index (κ3) is 3.93. The largest absolute Gasteiger partial charge is 0.331 e. The van der Waals surface area contributed by atoms with Crippen molar-refractivity contribution in [2.75, 3.05) is 37.8 Å². The minimum absolute atomic E-state index is 0.00222. The third-order valence-electron chi connectivity index (χ3n) is 6.46. The molecule has 3 fully saturated rings. The Morgan fingerprint density at radius 2 is 1.97 bits per heavy atom. The Morgan fingerprint density at radius 3 is 2.72 bits per heavy atom. The highest BCUT2D eigenvalue weighted by Crippen LogP contribution is 2.30. The molecule has 0 unspecified atom stereocenters. The molecule has 7 nitrogen and oxygen atoms in total. The fourth-order valence-electron chi connectivity index (χ4n) is 4.81. The van der Waals surface area contributed by atoms with Crippen molar-refractivity contribution in [2.45, 2.75) is 37.3 Å². The summed E-state index contributed by atoms with van der Waals surface area (Å²) < 4.78 is 1.99. The average Bonchev–Trinajstić information content (AvgIpc) is 3.56. The number of carbonyl (C=O) groups is 1. The molecule has 154 valence electrons. The van der Waals surface area contributed by atoms with Crippen molar-refractivity contribution < 1.29 is 4.79 Å². The Hall–Kier alpha value is -1.90. The average molecular weight is 413 g/mol. The molecule has 3 aliphatic rings. The molecule has 1 aromatic carbocycles. The molecular formula is C21H28N6OS. The fraction of sp³-hybridized carbons (Fsp3) is 0.571. The maximum absolute atomic E-state index is 12.7. The number of nitrogens with zero attached hydrogens (tertiary/aromatic N) is 5. The number of thioether (sulfide) groups is 1. The molecule has 4 heterocycles. The number of para-hydroxylation sites is 1. The van der Waals surface area contributed by atoms with Crippen LogP contribution in [0.2, 0.25) is 0 Å². The first kappa shape index (κ1) is 19.1. The van der Waals surface area contributed by atoms with E-state index in [9.17, 15) is 4.79 Å². The van der Waals surface area contributed by atoms with E-state index in [-0.39, 0.29) is 6.04 Å². The Labute approximate surface area is 175 Å². The molecule has 1 amide bonds. The van der Waals surface area contributed by atoms with E-state index in [1.165, 1.54) is 0 Å². The standard InChI is InChI=1S/C21H28N6OS/c28-21(26-10-11-29-15-26)19-12-18(13-22-19)25-8-6-16(7-9-25)20-23-14-24-27(20)17-4-2-1-3-5-17/h1-5,14,16,18-19,22H,6-13,15H2/t18-,19-/m0/s1. The first-order valence-corrected chi connectivity index (χ1v) is 11.7. The van der Waals surface area contributed by atoms with Crippen molar-refractivity contribution in [1.82, 2.24) is 29.9 Å². The SMILES string of the molecule is O=C([C@@H]1C[C@H](N2CCC(c3ncnn3-c3ccccc3)CC2)CN1)N1CCSC1. The molecule has 3 saturated heterocycles. The van der Waals surface area contributed by atoms with Gasteiger partial charge in [-0.15, -0.1) is 11.8 Å². The molecule has 1 aromatic heterocycles. The van der Waals surface area contributed by atoms with Crippen LogP contribution < -0.4 is 5.32 Å². The van der Waals surface area contributed by atoms with Gasteiger partial charge < -0.3 is 10.2 Å². The number of likely N-dealkylation sites (tertiary alicyclic amines) is 1. The summed E-state index contributed by atoms with van der Waals surface area (Å²) >= 11 is 1.85. The van der Waals surface area contributed by atoms with Gasteiger partial charge in [0, 0.05) is 30.8 Å². The van der Waals surface area contributed by atoms with Gasteiger partial charge in [0.25, 0.3) is 0 Å². The number of hydrogen-bond donors (Lipinski definition) is 1. The lowest BCUT2D eigenvalue weighted by Gasteiger charge is -2.35. The molecule has 5 rings (SSSR count). The highest BCUT2D eigenvalue weighted by molar-refractivity contribution is 7.99. The van der Waals surface area contributed by atoms with E-state index in [0.717, 1.165) is 68.6 Å². The summed E-state index contributed by atoms with van der Waals surface area (Å²) in [5.74, 6) is 3.73. The maximum Gasteiger partial charge on any atom is 0.240 e. The summed E-state index contributed by atoms with van der Waals surface area (Å²) in [5.41, 5.74) is 1.07. The lowest BCUT2D eigenvalue weighted by Crippen LogP contribution is -2.42. The van der Waals surface area contributed by atoms with Crippen molar-refractivity contribution in [3.63, 3.8) is 0 Å². The summed E-state index contributed by atoms with van der Waals surface area (Å²) in [6.07, 6.45) is 4.78. The molecule has 2 aromatic rings. The van der Waals surface area contributed by atoms with E-state index >= 15 is 0 Å². The Morgan fingerprint density at radius 1 is 1.14 bits per heavy atom. The quantitative estimate of drug-likeness (QED) is 0.825. The number of hydrogen-bond acceptors (Lipinski definition) is 6. The number of piperidine rings is 1. The smallest absolute Gasteiger partial charge is 0.240 e. The summed E-state index contributed by atoms with van der Waals surface area (Å²) in [6, 6.07) is 10.7. The van der Waals surface area contributed by atoms with E-state index in [0.29, 0.717) is 17.9 Å². The molecule has 3 aliphatic heterocycles. The Bertz CT molecular complexity index is 829. The second-order valence-corrected chi connectivity index (χ2v) is 9.24.